The number of nitrogens with zero attached hydrogens (tertiary/aromatic N) is 1. The van der Waals surface area contributed by atoms with Crippen LogP contribution in [-0.2, 0) is 14.8 Å². The van der Waals surface area contributed by atoms with E-state index >= 15 is 0 Å². The molecule has 1 atom stereocenters. The molecule has 0 radical (unpaired) electrons. The largest absolute Gasteiger partial charge is 0.377 e. The summed E-state index contributed by atoms with van der Waals surface area (Å²) in [5.74, 6) is 0. The van der Waals surface area contributed by atoms with Crippen molar-refractivity contribution >= 4 is 41.9 Å². The molecule has 0 N–H and O–H groups in total. The summed E-state index contributed by atoms with van der Waals surface area (Å²) in [5, 5.41) is 0. The fraction of sp³-hybridized carbons (Fsp3) is 0.538. The molecule has 0 bridgehead atoms. The number of hydrogen-bond acceptors (Lipinski definition) is 3. The zero-order valence-corrected chi connectivity index (χ0v) is 15.4. The topological polar surface area (TPSA) is 46.6 Å². The Bertz CT molecular complexity index is 606. The molecule has 1 aromatic carbocycles. The molecule has 1 fully saturated rings. The average molecular weight is 427 g/mol. The van der Waals surface area contributed by atoms with Gasteiger partial charge in [0.1, 0.15) is 0 Å². The Labute approximate surface area is 136 Å². The minimum atomic E-state index is -3.50. The van der Waals surface area contributed by atoms with E-state index in [1.54, 1.807) is 25.3 Å². The van der Waals surface area contributed by atoms with Crippen LogP contribution in [0.2, 0.25) is 0 Å². The van der Waals surface area contributed by atoms with Crippen LogP contribution in [0.15, 0.2) is 32.0 Å². The number of ether oxygens (including phenoxy) is 1. The number of hydrogen-bond donors (Lipinski definition) is 0. The maximum Gasteiger partial charge on any atom is 0.244 e. The van der Waals surface area contributed by atoms with Crippen molar-refractivity contribution in [2.45, 2.75) is 30.3 Å². The Hall–Kier alpha value is 0.0500. The number of benzene rings is 1. The first kappa shape index (κ1) is 16.4. The zero-order chi connectivity index (χ0) is 15.0. The molecule has 2 rings (SSSR count). The Morgan fingerprint density at radius 3 is 2.65 bits per heavy atom. The highest BCUT2D eigenvalue weighted by Crippen LogP contribution is 2.32. The third-order valence-corrected chi connectivity index (χ3v) is 6.94. The van der Waals surface area contributed by atoms with Crippen molar-refractivity contribution in [2.75, 3.05) is 20.2 Å². The van der Waals surface area contributed by atoms with Crippen LogP contribution in [0.4, 0.5) is 0 Å². The van der Waals surface area contributed by atoms with E-state index in [0.717, 1.165) is 17.3 Å². The van der Waals surface area contributed by atoms with Crippen LogP contribution >= 0.6 is 31.9 Å². The molecule has 0 spiro atoms. The molecule has 1 aliphatic heterocycles. The van der Waals surface area contributed by atoms with Gasteiger partial charge in [-0.15, -0.1) is 0 Å². The summed E-state index contributed by atoms with van der Waals surface area (Å²) in [6.45, 7) is 2.86. The van der Waals surface area contributed by atoms with E-state index in [1.807, 2.05) is 6.92 Å². The maximum atomic E-state index is 12.7. The van der Waals surface area contributed by atoms with Gasteiger partial charge in [0.25, 0.3) is 0 Å². The lowest BCUT2D eigenvalue weighted by atomic mass is 9.96. The number of methoxy groups -OCH3 is 1. The smallest absolute Gasteiger partial charge is 0.244 e. The van der Waals surface area contributed by atoms with Gasteiger partial charge in [-0.1, -0.05) is 15.9 Å². The fourth-order valence-corrected chi connectivity index (χ4v) is 5.65. The van der Waals surface area contributed by atoms with Gasteiger partial charge < -0.3 is 4.74 Å². The van der Waals surface area contributed by atoms with Crippen molar-refractivity contribution in [3.8, 4) is 0 Å². The molecule has 1 unspecified atom stereocenters. The molecule has 112 valence electrons. The molecule has 0 aromatic heterocycles. The number of rotatable bonds is 3. The molecule has 7 heteroatoms. The van der Waals surface area contributed by atoms with Gasteiger partial charge in [0, 0.05) is 29.1 Å². The Morgan fingerprint density at radius 2 is 2.05 bits per heavy atom. The monoisotopic (exact) mass is 425 g/mol. The quantitative estimate of drug-likeness (QED) is 0.743. The number of piperidine rings is 1. The van der Waals surface area contributed by atoms with Gasteiger partial charge in [-0.2, -0.15) is 4.31 Å². The third kappa shape index (κ3) is 3.27. The summed E-state index contributed by atoms with van der Waals surface area (Å²) in [5.41, 5.74) is -0.410. The predicted molar refractivity (Wildman–Crippen MR) is 85.2 cm³/mol. The predicted octanol–water partition coefficient (Wildman–Crippen LogP) is 3.40. The first-order valence-corrected chi connectivity index (χ1v) is 9.31. The Kier molecular flexibility index (Phi) is 4.96. The Balaban J connectivity index is 2.35. The highest BCUT2D eigenvalue weighted by atomic mass is 79.9. The highest BCUT2D eigenvalue weighted by molar-refractivity contribution is 9.11. The standard InChI is InChI=1S/C13H17Br2NO3S/c1-13(19-2)6-3-7-16(9-13)20(17,18)12-5-4-10(14)8-11(12)15/h4-5,8H,3,6-7,9H2,1-2H3. The van der Waals surface area contributed by atoms with Crippen LogP contribution < -0.4 is 0 Å². The molecular weight excluding hydrogens is 410 g/mol. The number of halogens is 2. The normalized spacial score (nSPS) is 24.8. The molecule has 4 nitrogen and oxygen atoms in total. The van der Waals surface area contributed by atoms with Crippen LogP contribution in [-0.4, -0.2) is 38.5 Å². The summed E-state index contributed by atoms with van der Waals surface area (Å²) in [7, 11) is -1.87. The lowest BCUT2D eigenvalue weighted by Crippen LogP contribution is -2.49. The molecule has 0 amide bonds. The van der Waals surface area contributed by atoms with Crippen molar-refractivity contribution in [3.63, 3.8) is 0 Å². The van der Waals surface area contributed by atoms with Gasteiger partial charge in [0.05, 0.1) is 10.5 Å². The molecule has 0 aliphatic carbocycles. The lowest BCUT2D eigenvalue weighted by molar-refractivity contribution is -0.0319. The van der Waals surface area contributed by atoms with E-state index < -0.39 is 15.6 Å². The van der Waals surface area contributed by atoms with Gasteiger partial charge in [-0.3, -0.25) is 0 Å². The second-order valence-electron chi connectivity index (χ2n) is 5.17. The van der Waals surface area contributed by atoms with E-state index in [4.69, 9.17) is 4.74 Å². The SMILES string of the molecule is COC1(C)CCCN(S(=O)(=O)c2ccc(Br)cc2Br)C1. The van der Waals surface area contributed by atoms with E-state index in [9.17, 15) is 8.42 Å². The van der Waals surface area contributed by atoms with Crippen LogP contribution in [0.3, 0.4) is 0 Å². The summed E-state index contributed by atoms with van der Waals surface area (Å²) in [6.07, 6.45) is 1.68. The fourth-order valence-electron chi connectivity index (χ4n) is 2.36. The van der Waals surface area contributed by atoms with E-state index in [-0.39, 0.29) is 0 Å². The van der Waals surface area contributed by atoms with Gasteiger partial charge in [-0.05, 0) is 53.9 Å². The van der Waals surface area contributed by atoms with Crippen molar-refractivity contribution in [1.82, 2.24) is 4.31 Å². The lowest BCUT2D eigenvalue weighted by Gasteiger charge is -2.38. The van der Waals surface area contributed by atoms with Crippen molar-refractivity contribution in [1.29, 1.82) is 0 Å². The van der Waals surface area contributed by atoms with Crippen molar-refractivity contribution in [3.05, 3.63) is 27.1 Å². The zero-order valence-electron chi connectivity index (χ0n) is 11.4. The molecule has 1 heterocycles. The summed E-state index contributed by atoms with van der Waals surface area (Å²) >= 11 is 6.66. The van der Waals surface area contributed by atoms with Crippen molar-refractivity contribution in [2.24, 2.45) is 0 Å². The minimum absolute atomic E-state index is 0.293. The second kappa shape index (κ2) is 6.04. The molecule has 1 aliphatic rings. The van der Waals surface area contributed by atoms with Gasteiger partial charge in [-0.25, -0.2) is 8.42 Å². The molecule has 20 heavy (non-hydrogen) atoms. The molecular formula is C13H17Br2NO3S. The van der Waals surface area contributed by atoms with Crippen LogP contribution in [0, 0.1) is 0 Å². The van der Waals surface area contributed by atoms with Gasteiger partial charge in [0.2, 0.25) is 10.0 Å². The molecule has 1 aromatic rings. The molecule has 1 saturated heterocycles. The van der Waals surface area contributed by atoms with E-state index in [2.05, 4.69) is 31.9 Å². The van der Waals surface area contributed by atoms with Gasteiger partial charge >= 0.3 is 0 Å². The highest BCUT2D eigenvalue weighted by Gasteiger charge is 2.37. The second-order valence-corrected chi connectivity index (χ2v) is 8.85. The summed E-state index contributed by atoms with van der Waals surface area (Å²) in [4.78, 5) is 0.293. The minimum Gasteiger partial charge on any atom is -0.377 e. The first-order chi connectivity index (χ1) is 9.28. The van der Waals surface area contributed by atoms with Crippen LogP contribution in [0.25, 0.3) is 0 Å². The summed E-state index contributed by atoms with van der Waals surface area (Å²) < 4.78 is 33.9. The number of sulfonamides is 1. The first-order valence-electron chi connectivity index (χ1n) is 6.29. The Morgan fingerprint density at radius 1 is 1.35 bits per heavy atom. The third-order valence-electron chi connectivity index (χ3n) is 3.63. The van der Waals surface area contributed by atoms with Crippen molar-refractivity contribution < 1.29 is 13.2 Å². The van der Waals surface area contributed by atoms with Gasteiger partial charge in [0.15, 0.2) is 0 Å². The van der Waals surface area contributed by atoms with E-state index in [1.165, 1.54) is 4.31 Å². The van der Waals surface area contributed by atoms with Crippen LogP contribution in [0.5, 0.6) is 0 Å². The summed E-state index contributed by atoms with van der Waals surface area (Å²) in [6, 6.07) is 5.09. The molecule has 0 saturated carbocycles. The maximum absolute atomic E-state index is 12.7. The van der Waals surface area contributed by atoms with Crippen LogP contribution in [0.1, 0.15) is 19.8 Å². The van der Waals surface area contributed by atoms with E-state index in [0.29, 0.717) is 22.5 Å². The average Bonchev–Trinajstić information content (AvgIpc) is 2.38.